The quantitative estimate of drug-likeness (QED) is 0.778. The van der Waals surface area contributed by atoms with Crippen molar-refractivity contribution in [2.75, 3.05) is 6.54 Å². The van der Waals surface area contributed by atoms with E-state index in [9.17, 15) is 9.59 Å². The molecule has 1 atom stereocenters. The number of carbonyl (C=O) groups is 1. The molecule has 8 heteroatoms. The van der Waals surface area contributed by atoms with E-state index in [1.165, 1.54) is 4.40 Å². The number of nitrogens with zero attached hydrogens (tertiary/aromatic N) is 5. The van der Waals surface area contributed by atoms with E-state index < -0.39 is 0 Å². The van der Waals surface area contributed by atoms with E-state index in [1.807, 2.05) is 24.9 Å². The summed E-state index contributed by atoms with van der Waals surface area (Å²) in [6, 6.07) is 1.42. The summed E-state index contributed by atoms with van der Waals surface area (Å²) in [5, 5.41) is 4.39. The number of nitrogens with one attached hydrogen (secondary N) is 1. The summed E-state index contributed by atoms with van der Waals surface area (Å²) in [6.07, 6.45) is 7.82. The van der Waals surface area contributed by atoms with Crippen molar-refractivity contribution in [3.63, 3.8) is 0 Å². The summed E-state index contributed by atoms with van der Waals surface area (Å²) in [5.41, 5.74) is 1.96. The Bertz CT molecular complexity index is 1010. The lowest BCUT2D eigenvalue weighted by Gasteiger charge is -2.35. The van der Waals surface area contributed by atoms with Crippen LogP contribution in [0.1, 0.15) is 54.0 Å². The third kappa shape index (κ3) is 2.71. The number of piperidine rings is 1. The van der Waals surface area contributed by atoms with Gasteiger partial charge in [-0.05, 0) is 33.1 Å². The normalized spacial score (nSPS) is 17.8. The van der Waals surface area contributed by atoms with Crippen LogP contribution in [0.25, 0.3) is 5.78 Å². The van der Waals surface area contributed by atoms with Gasteiger partial charge in [-0.25, -0.2) is 4.98 Å². The first-order valence-corrected chi connectivity index (χ1v) is 8.99. The number of hydrogen-bond acceptors (Lipinski definition) is 4. The number of aryl methyl sites for hydroxylation is 2. The minimum Gasteiger partial charge on any atom is -0.330 e. The second kappa shape index (κ2) is 6.44. The Morgan fingerprint density at radius 3 is 3.00 bits per heavy atom. The average Bonchev–Trinajstić information content (AvgIpc) is 3.27. The predicted molar refractivity (Wildman–Crippen MR) is 96.1 cm³/mol. The molecule has 1 unspecified atom stereocenters. The smallest absolute Gasteiger partial charge is 0.259 e. The van der Waals surface area contributed by atoms with Gasteiger partial charge in [-0.1, -0.05) is 0 Å². The molecule has 8 nitrogen and oxygen atoms in total. The van der Waals surface area contributed by atoms with E-state index >= 15 is 0 Å². The molecule has 3 aromatic rings. The molecular formula is C18H22N6O2. The molecule has 0 bridgehead atoms. The topological polar surface area (TPSA) is 88.3 Å². The van der Waals surface area contributed by atoms with Gasteiger partial charge in [0.2, 0.25) is 5.78 Å². The van der Waals surface area contributed by atoms with Gasteiger partial charge in [-0.15, -0.1) is 0 Å². The average molecular weight is 354 g/mol. The maximum absolute atomic E-state index is 13.2. The lowest BCUT2D eigenvalue weighted by Crippen LogP contribution is -2.39. The third-order valence-electron chi connectivity index (χ3n) is 5.04. The highest BCUT2D eigenvalue weighted by molar-refractivity contribution is 5.95. The van der Waals surface area contributed by atoms with E-state index in [4.69, 9.17) is 0 Å². The van der Waals surface area contributed by atoms with Gasteiger partial charge < -0.3 is 9.88 Å². The van der Waals surface area contributed by atoms with Crippen molar-refractivity contribution in [3.05, 3.63) is 52.0 Å². The zero-order valence-corrected chi connectivity index (χ0v) is 15.0. The molecule has 136 valence electrons. The Kier molecular flexibility index (Phi) is 4.10. The molecule has 4 heterocycles. The highest BCUT2D eigenvalue weighted by Gasteiger charge is 2.31. The maximum Gasteiger partial charge on any atom is 0.259 e. The number of likely N-dealkylation sites (tertiary alicyclic amines) is 1. The number of hydrogen-bond donors (Lipinski definition) is 1. The summed E-state index contributed by atoms with van der Waals surface area (Å²) in [4.78, 5) is 34.8. The standard InChI is InChI=1S/C18H22N6O2/c1-3-22-11-13(12(2)21-22)17(26)23-8-5-4-6-15(23)14-10-16(25)24-9-7-19-18(24)20-14/h7,9-11,15H,3-6,8H2,1-2H3,(H,19,20). The van der Waals surface area contributed by atoms with Crippen LogP contribution in [0, 0.1) is 6.92 Å². The Labute approximate surface area is 150 Å². The number of aromatic amines is 1. The molecule has 0 saturated carbocycles. The molecule has 1 fully saturated rings. The molecule has 0 aliphatic carbocycles. The van der Waals surface area contributed by atoms with Crippen LogP contribution >= 0.6 is 0 Å². The zero-order chi connectivity index (χ0) is 18.3. The molecule has 1 aliphatic rings. The van der Waals surface area contributed by atoms with Crippen LogP contribution in [0.4, 0.5) is 0 Å². The number of aromatic nitrogens is 5. The highest BCUT2D eigenvalue weighted by atomic mass is 16.2. The molecule has 1 aliphatic heterocycles. The Morgan fingerprint density at radius 2 is 2.23 bits per heavy atom. The highest BCUT2D eigenvalue weighted by Crippen LogP contribution is 2.31. The molecule has 26 heavy (non-hydrogen) atoms. The van der Waals surface area contributed by atoms with Gasteiger partial charge in [0.1, 0.15) is 0 Å². The largest absolute Gasteiger partial charge is 0.330 e. The summed E-state index contributed by atoms with van der Waals surface area (Å²) in [7, 11) is 0. The fourth-order valence-electron chi connectivity index (χ4n) is 3.66. The predicted octanol–water partition coefficient (Wildman–Crippen LogP) is 1.91. The molecule has 0 spiro atoms. The van der Waals surface area contributed by atoms with Crippen LogP contribution < -0.4 is 5.56 Å². The lowest BCUT2D eigenvalue weighted by molar-refractivity contribution is 0.0605. The molecular weight excluding hydrogens is 332 g/mol. The molecule has 1 N–H and O–H groups in total. The maximum atomic E-state index is 13.2. The molecule has 4 rings (SSSR count). The van der Waals surface area contributed by atoms with Gasteiger partial charge in [0.05, 0.1) is 17.3 Å². The van der Waals surface area contributed by atoms with Crippen LogP contribution in [0.15, 0.2) is 29.5 Å². The lowest BCUT2D eigenvalue weighted by atomic mass is 9.98. The summed E-state index contributed by atoms with van der Waals surface area (Å²) < 4.78 is 3.24. The second-order valence-electron chi connectivity index (χ2n) is 6.68. The SMILES string of the molecule is CCn1cc(C(=O)N2CCCCC2c2cc(=O)n3ccnc3[nH]2)c(C)n1. The van der Waals surface area contributed by atoms with Crippen molar-refractivity contribution < 1.29 is 4.79 Å². The van der Waals surface area contributed by atoms with Crippen molar-refractivity contribution in [3.8, 4) is 0 Å². The number of imidazole rings is 1. The minimum atomic E-state index is -0.157. The molecule has 0 radical (unpaired) electrons. The van der Waals surface area contributed by atoms with Gasteiger partial charge in [-0.3, -0.25) is 18.7 Å². The number of H-pyrrole nitrogens is 1. The molecule has 0 aromatic carbocycles. The van der Waals surface area contributed by atoms with Crippen LogP contribution in [0.2, 0.25) is 0 Å². The van der Waals surface area contributed by atoms with Crippen LogP contribution in [0.3, 0.4) is 0 Å². The Balaban J connectivity index is 1.72. The van der Waals surface area contributed by atoms with Crippen molar-refractivity contribution in [2.45, 2.75) is 45.7 Å². The Hall–Kier alpha value is -2.90. The van der Waals surface area contributed by atoms with Gasteiger partial charge in [0, 0.05) is 43.4 Å². The van der Waals surface area contributed by atoms with Crippen LogP contribution in [0.5, 0.6) is 0 Å². The van der Waals surface area contributed by atoms with Gasteiger partial charge in [0.25, 0.3) is 11.5 Å². The first kappa shape index (κ1) is 16.6. The van der Waals surface area contributed by atoms with Gasteiger partial charge >= 0.3 is 0 Å². The monoisotopic (exact) mass is 354 g/mol. The van der Waals surface area contributed by atoms with Crippen molar-refractivity contribution >= 4 is 11.7 Å². The van der Waals surface area contributed by atoms with E-state index in [0.29, 0.717) is 17.9 Å². The first-order chi connectivity index (χ1) is 12.6. The minimum absolute atomic E-state index is 0.0315. The summed E-state index contributed by atoms with van der Waals surface area (Å²) >= 11 is 0. The molecule has 1 saturated heterocycles. The second-order valence-corrected chi connectivity index (χ2v) is 6.68. The third-order valence-corrected chi connectivity index (χ3v) is 5.04. The zero-order valence-electron chi connectivity index (χ0n) is 15.0. The fourth-order valence-corrected chi connectivity index (χ4v) is 3.66. The molecule has 3 aromatic heterocycles. The number of rotatable bonds is 3. The van der Waals surface area contributed by atoms with E-state index in [-0.39, 0.29) is 17.5 Å². The van der Waals surface area contributed by atoms with Gasteiger partial charge in [-0.2, -0.15) is 5.10 Å². The van der Waals surface area contributed by atoms with Crippen LogP contribution in [-0.2, 0) is 6.54 Å². The summed E-state index contributed by atoms with van der Waals surface area (Å²) in [5.74, 6) is 0.469. The number of carbonyl (C=O) groups excluding carboxylic acids is 1. The van der Waals surface area contributed by atoms with E-state index in [2.05, 4.69) is 15.1 Å². The van der Waals surface area contributed by atoms with Gasteiger partial charge in [0.15, 0.2) is 0 Å². The summed E-state index contributed by atoms with van der Waals surface area (Å²) in [6.45, 7) is 5.25. The number of amides is 1. The number of fused-ring (bicyclic) bond motifs is 1. The molecule has 1 amide bonds. The Morgan fingerprint density at radius 1 is 1.38 bits per heavy atom. The van der Waals surface area contributed by atoms with Crippen molar-refractivity contribution in [1.82, 2.24) is 29.0 Å². The first-order valence-electron chi connectivity index (χ1n) is 8.99. The van der Waals surface area contributed by atoms with Crippen molar-refractivity contribution in [2.24, 2.45) is 0 Å². The van der Waals surface area contributed by atoms with E-state index in [1.54, 1.807) is 23.1 Å². The van der Waals surface area contributed by atoms with E-state index in [0.717, 1.165) is 37.2 Å². The van der Waals surface area contributed by atoms with Crippen molar-refractivity contribution in [1.29, 1.82) is 0 Å². The fraction of sp³-hybridized carbons (Fsp3) is 0.444. The van der Waals surface area contributed by atoms with Crippen LogP contribution in [-0.4, -0.2) is 41.5 Å².